The molecule has 3 nitrogen and oxygen atoms in total. The second-order valence-corrected chi connectivity index (χ2v) is 6.47. The summed E-state index contributed by atoms with van der Waals surface area (Å²) in [5.74, 6) is -0.142. The van der Waals surface area contributed by atoms with E-state index < -0.39 is 0 Å². The van der Waals surface area contributed by atoms with Crippen molar-refractivity contribution in [2.75, 3.05) is 27.2 Å². The van der Waals surface area contributed by atoms with Crippen molar-refractivity contribution < 1.29 is 9.53 Å². The number of rotatable bonds is 12. The molecule has 20 heavy (non-hydrogen) atoms. The van der Waals surface area contributed by atoms with Gasteiger partial charge in [0, 0.05) is 6.54 Å². The molecule has 120 valence electrons. The summed E-state index contributed by atoms with van der Waals surface area (Å²) in [7, 11) is 3.48. The lowest BCUT2D eigenvalue weighted by molar-refractivity contribution is -0.141. The molecule has 0 aliphatic heterocycles. The second-order valence-electron chi connectivity index (χ2n) is 6.47. The highest BCUT2D eigenvalue weighted by molar-refractivity contribution is 5.71. The van der Waals surface area contributed by atoms with Gasteiger partial charge >= 0.3 is 5.97 Å². The van der Waals surface area contributed by atoms with Crippen LogP contribution in [0.4, 0.5) is 0 Å². The van der Waals surface area contributed by atoms with Crippen molar-refractivity contribution in [2.24, 2.45) is 5.41 Å². The van der Waals surface area contributed by atoms with E-state index in [0.29, 0.717) is 12.0 Å². The van der Waals surface area contributed by atoms with Crippen molar-refractivity contribution in [1.29, 1.82) is 0 Å². The summed E-state index contributed by atoms with van der Waals surface area (Å²) in [5, 5.41) is 0. The van der Waals surface area contributed by atoms with E-state index in [1.807, 2.05) is 7.05 Å². The summed E-state index contributed by atoms with van der Waals surface area (Å²) in [6.07, 6.45) is 10.3. The van der Waals surface area contributed by atoms with Gasteiger partial charge in [-0.15, -0.1) is 0 Å². The van der Waals surface area contributed by atoms with Gasteiger partial charge in [0.2, 0.25) is 0 Å². The zero-order valence-corrected chi connectivity index (χ0v) is 14.3. The summed E-state index contributed by atoms with van der Waals surface area (Å²) in [6.45, 7) is 8.25. The third-order valence-corrected chi connectivity index (χ3v) is 4.05. The number of hydrogen-bond acceptors (Lipinski definition) is 3. The monoisotopic (exact) mass is 285 g/mol. The Morgan fingerprint density at radius 2 is 1.65 bits per heavy atom. The molecular formula is C17H35NO2. The maximum absolute atomic E-state index is 11.4. The number of carbonyl (C=O) groups is 1. The van der Waals surface area contributed by atoms with Gasteiger partial charge in [-0.1, -0.05) is 59.3 Å². The Bertz CT molecular complexity index is 255. The maximum Gasteiger partial charge on any atom is 0.319 e. The van der Waals surface area contributed by atoms with Crippen LogP contribution in [0.15, 0.2) is 0 Å². The minimum absolute atomic E-state index is 0.142. The molecule has 0 saturated heterocycles. The third kappa shape index (κ3) is 9.35. The molecule has 1 atom stereocenters. The van der Waals surface area contributed by atoms with Crippen LogP contribution in [0, 0.1) is 5.41 Å². The standard InChI is InChI=1S/C17H35NO2/c1-6-8-10-11-13-17(3,12-9-7-2)15-18(4)14-16(19)20-5/h6-15H2,1-5H3. The third-order valence-electron chi connectivity index (χ3n) is 4.05. The molecule has 0 radical (unpaired) electrons. The first-order valence-corrected chi connectivity index (χ1v) is 8.22. The quantitative estimate of drug-likeness (QED) is 0.396. The molecule has 0 amide bonds. The molecule has 1 unspecified atom stereocenters. The van der Waals surface area contributed by atoms with Gasteiger partial charge in [-0.2, -0.15) is 0 Å². The van der Waals surface area contributed by atoms with Gasteiger partial charge in [0.25, 0.3) is 0 Å². The minimum Gasteiger partial charge on any atom is -0.468 e. The Balaban J connectivity index is 4.31. The van der Waals surface area contributed by atoms with Crippen LogP contribution >= 0.6 is 0 Å². The number of methoxy groups -OCH3 is 1. The number of esters is 1. The first kappa shape index (κ1) is 19.4. The van der Waals surface area contributed by atoms with E-state index in [9.17, 15) is 4.79 Å². The minimum atomic E-state index is -0.142. The lowest BCUT2D eigenvalue weighted by Gasteiger charge is -2.34. The van der Waals surface area contributed by atoms with Crippen LogP contribution in [0.3, 0.4) is 0 Å². The second kappa shape index (κ2) is 11.1. The Kier molecular flexibility index (Phi) is 10.8. The Hall–Kier alpha value is -0.570. The summed E-state index contributed by atoms with van der Waals surface area (Å²) < 4.78 is 4.75. The number of unbranched alkanes of at least 4 members (excludes halogenated alkanes) is 4. The molecule has 0 aliphatic rings. The lowest BCUT2D eigenvalue weighted by Crippen LogP contribution is -2.37. The van der Waals surface area contributed by atoms with E-state index in [-0.39, 0.29) is 5.97 Å². The smallest absolute Gasteiger partial charge is 0.319 e. The van der Waals surface area contributed by atoms with E-state index in [4.69, 9.17) is 4.74 Å². The van der Waals surface area contributed by atoms with E-state index in [2.05, 4.69) is 25.7 Å². The normalized spacial score (nSPS) is 14.3. The van der Waals surface area contributed by atoms with E-state index >= 15 is 0 Å². The van der Waals surface area contributed by atoms with Gasteiger partial charge < -0.3 is 4.74 Å². The van der Waals surface area contributed by atoms with E-state index in [0.717, 1.165) is 6.54 Å². The van der Waals surface area contributed by atoms with Gasteiger partial charge in [-0.3, -0.25) is 9.69 Å². The van der Waals surface area contributed by atoms with Crippen LogP contribution in [-0.2, 0) is 9.53 Å². The van der Waals surface area contributed by atoms with Crippen LogP contribution in [0.25, 0.3) is 0 Å². The molecule has 0 rings (SSSR count). The molecule has 0 heterocycles. The maximum atomic E-state index is 11.4. The zero-order chi connectivity index (χ0) is 15.4. The van der Waals surface area contributed by atoms with Gasteiger partial charge in [0.05, 0.1) is 13.7 Å². The molecule has 0 fully saturated rings. The van der Waals surface area contributed by atoms with Crippen molar-refractivity contribution >= 4 is 5.97 Å². The summed E-state index contributed by atoms with van der Waals surface area (Å²) >= 11 is 0. The fraction of sp³-hybridized carbons (Fsp3) is 0.941. The largest absolute Gasteiger partial charge is 0.468 e. The van der Waals surface area contributed by atoms with Crippen molar-refractivity contribution in [1.82, 2.24) is 4.90 Å². The number of nitrogens with zero attached hydrogens (tertiary/aromatic N) is 1. The van der Waals surface area contributed by atoms with Crippen LogP contribution < -0.4 is 0 Å². The van der Waals surface area contributed by atoms with Crippen LogP contribution in [0.5, 0.6) is 0 Å². The Labute approximate surface area is 126 Å². The number of likely N-dealkylation sites (N-methyl/N-ethyl adjacent to an activating group) is 1. The number of ether oxygens (including phenoxy) is 1. The average molecular weight is 285 g/mol. The Morgan fingerprint density at radius 3 is 2.20 bits per heavy atom. The molecule has 0 aromatic carbocycles. The van der Waals surface area contributed by atoms with Crippen LogP contribution in [0.1, 0.15) is 72.1 Å². The lowest BCUT2D eigenvalue weighted by atomic mass is 9.79. The van der Waals surface area contributed by atoms with Crippen molar-refractivity contribution in [3.05, 3.63) is 0 Å². The molecule has 0 N–H and O–H groups in total. The van der Waals surface area contributed by atoms with Crippen LogP contribution in [-0.4, -0.2) is 38.1 Å². The topological polar surface area (TPSA) is 29.5 Å². The fourth-order valence-corrected chi connectivity index (χ4v) is 2.86. The summed E-state index contributed by atoms with van der Waals surface area (Å²) in [6, 6.07) is 0. The number of hydrogen-bond donors (Lipinski definition) is 0. The van der Waals surface area contributed by atoms with Gasteiger partial charge in [0.15, 0.2) is 0 Å². The fourth-order valence-electron chi connectivity index (χ4n) is 2.86. The zero-order valence-electron chi connectivity index (χ0n) is 14.3. The molecule has 0 bridgehead atoms. The van der Waals surface area contributed by atoms with E-state index in [1.165, 1.54) is 58.5 Å². The van der Waals surface area contributed by atoms with Crippen molar-refractivity contribution in [3.63, 3.8) is 0 Å². The van der Waals surface area contributed by atoms with E-state index in [1.54, 1.807) is 0 Å². The average Bonchev–Trinajstić information content (AvgIpc) is 2.41. The predicted octanol–water partition coefficient (Wildman–Crippen LogP) is 4.26. The molecule has 0 spiro atoms. The molecule has 0 aliphatic carbocycles. The highest BCUT2D eigenvalue weighted by Crippen LogP contribution is 2.31. The van der Waals surface area contributed by atoms with Crippen molar-refractivity contribution in [3.8, 4) is 0 Å². The molecule has 3 heteroatoms. The first-order chi connectivity index (χ1) is 9.47. The van der Waals surface area contributed by atoms with Gasteiger partial charge in [-0.25, -0.2) is 0 Å². The van der Waals surface area contributed by atoms with Gasteiger partial charge in [-0.05, 0) is 25.3 Å². The molecule has 0 aromatic heterocycles. The van der Waals surface area contributed by atoms with Crippen molar-refractivity contribution in [2.45, 2.75) is 72.1 Å². The number of carbonyl (C=O) groups excluding carboxylic acids is 1. The SMILES string of the molecule is CCCCCCC(C)(CCCC)CN(C)CC(=O)OC. The Morgan fingerprint density at radius 1 is 1.05 bits per heavy atom. The summed E-state index contributed by atoms with van der Waals surface area (Å²) in [4.78, 5) is 13.5. The van der Waals surface area contributed by atoms with Gasteiger partial charge in [0.1, 0.15) is 0 Å². The highest BCUT2D eigenvalue weighted by Gasteiger charge is 2.25. The summed E-state index contributed by atoms with van der Waals surface area (Å²) in [5.41, 5.74) is 0.326. The molecule has 0 aromatic rings. The molecular weight excluding hydrogens is 250 g/mol. The first-order valence-electron chi connectivity index (χ1n) is 8.22. The predicted molar refractivity (Wildman–Crippen MR) is 85.9 cm³/mol. The van der Waals surface area contributed by atoms with Crippen LogP contribution in [0.2, 0.25) is 0 Å². The highest BCUT2D eigenvalue weighted by atomic mass is 16.5. The molecule has 0 saturated carbocycles.